The minimum atomic E-state index is -0.285. The zero-order valence-electron chi connectivity index (χ0n) is 10.2. The molecule has 1 aromatic heterocycles. The van der Waals surface area contributed by atoms with Crippen LogP contribution in [0, 0.1) is 0 Å². The Morgan fingerprint density at radius 3 is 2.76 bits per heavy atom. The highest BCUT2D eigenvalue weighted by Gasteiger charge is 2.14. The summed E-state index contributed by atoms with van der Waals surface area (Å²) < 4.78 is 5.05. The molecule has 1 aliphatic heterocycles. The van der Waals surface area contributed by atoms with Crippen molar-refractivity contribution in [1.82, 2.24) is 4.98 Å². The predicted molar refractivity (Wildman–Crippen MR) is 66.3 cm³/mol. The zero-order valence-corrected chi connectivity index (χ0v) is 10.2. The maximum Gasteiger partial charge on any atom is 0.339 e. The van der Waals surface area contributed by atoms with Crippen LogP contribution in [0.4, 0.5) is 5.82 Å². The molecule has 0 amide bonds. The fourth-order valence-corrected chi connectivity index (χ4v) is 1.92. The van der Waals surface area contributed by atoms with Crippen LogP contribution in [0.25, 0.3) is 0 Å². The van der Waals surface area contributed by atoms with Gasteiger partial charge in [0, 0.05) is 19.3 Å². The Balaban J connectivity index is 1.99. The van der Waals surface area contributed by atoms with Crippen molar-refractivity contribution < 1.29 is 9.53 Å². The molecule has 0 radical (unpaired) electrons. The molecule has 1 fully saturated rings. The minimum Gasteiger partial charge on any atom is -0.462 e. The van der Waals surface area contributed by atoms with E-state index in [0.717, 1.165) is 25.3 Å². The van der Waals surface area contributed by atoms with Gasteiger partial charge in [0.2, 0.25) is 0 Å². The highest BCUT2D eigenvalue weighted by atomic mass is 16.5. The average molecular weight is 234 g/mol. The summed E-state index contributed by atoms with van der Waals surface area (Å²) in [4.78, 5) is 18.1. The Morgan fingerprint density at radius 1 is 1.41 bits per heavy atom. The molecule has 0 unspecified atom stereocenters. The molecule has 4 heteroatoms. The number of carbonyl (C=O) groups is 1. The molecule has 0 bridgehead atoms. The number of carbonyl (C=O) groups excluding carboxylic acids is 1. The van der Waals surface area contributed by atoms with E-state index >= 15 is 0 Å². The summed E-state index contributed by atoms with van der Waals surface area (Å²) in [5.41, 5.74) is 0.529. The van der Waals surface area contributed by atoms with Crippen LogP contribution < -0.4 is 4.90 Å². The smallest absolute Gasteiger partial charge is 0.339 e. The summed E-state index contributed by atoms with van der Waals surface area (Å²) in [6.45, 7) is 4.56. The summed E-state index contributed by atoms with van der Waals surface area (Å²) in [6, 6.07) is 3.69. The molecule has 0 aromatic carbocycles. The SMILES string of the molecule is CCCOC(=O)c1ccc(N2CCCC2)nc1. The topological polar surface area (TPSA) is 42.4 Å². The number of aromatic nitrogens is 1. The predicted octanol–water partition coefficient (Wildman–Crippen LogP) is 2.25. The molecule has 0 spiro atoms. The van der Waals surface area contributed by atoms with Gasteiger partial charge in [-0.05, 0) is 31.4 Å². The van der Waals surface area contributed by atoms with Crippen molar-refractivity contribution >= 4 is 11.8 Å². The highest BCUT2D eigenvalue weighted by Crippen LogP contribution is 2.17. The lowest BCUT2D eigenvalue weighted by molar-refractivity contribution is 0.0504. The first kappa shape index (κ1) is 11.9. The highest BCUT2D eigenvalue weighted by molar-refractivity contribution is 5.89. The Morgan fingerprint density at radius 2 is 2.18 bits per heavy atom. The number of rotatable bonds is 4. The van der Waals surface area contributed by atoms with Crippen molar-refractivity contribution in [3.8, 4) is 0 Å². The van der Waals surface area contributed by atoms with Crippen molar-refractivity contribution in [2.45, 2.75) is 26.2 Å². The fraction of sp³-hybridized carbons (Fsp3) is 0.538. The summed E-state index contributed by atoms with van der Waals surface area (Å²) in [7, 11) is 0. The van der Waals surface area contributed by atoms with Gasteiger partial charge in [0.1, 0.15) is 5.82 Å². The van der Waals surface area contributed by atoms with Crippen LogP contribution >= 0.6 is 0 Å². The van der Waals surface area contributed by atoms with Crippen LogP contribution in [0.2, 0.25) is 0 Å². The largest absolute Gasteiger partial charge is 0.462 e. The van der Waals surface area contributed by atoms with Crippen LogP contribution in [0.15, 0.2) is 18.3 Å². The second-order valence-electron chi connectivity index (χ2n) is 4.24. The number of hydrogen-bond donors (Lipinski definition) is 0. The molecule has 0 atom stereocenters. The van der Waals surface area contributed by atoms with Crippen molar-refractivity contribution in [2.75, 3.05) is 24.6 Å². The molecule has 4 nitrogen and oxygen atoms in total. The van der Waals surface area contributed by atoms with E-state index in [2.05, 4.69) is 9.88 Å². The number of ether oxygens (including phenoxy) is 1. The van der Waals surface area contributed by atoms with Gasteiger partial charge in [-0.2, -0.15) is 0 Å². The van der Waals surface area contributed by atoms with E-state index < -0.39 is 0 Å². The number of esters is 1. The second kappa shape index (κ2) is 5.66. The third-order valence-electron chi connectivity index (χ3n) is 2.85. The second-order valence-corrected chi connectivity index (χ2v) is 4.24. The molecule has 1 aliphatic rings. The first-order valence-corrected chi connectivity index (χ1v) is 6.19. The van der Waals surface area contributed by atoms with Crippen molar-refractivity contribution in [3.05, 3.63) is 23.9 Å². The third-order valence-corrected chi connectivity index (χ3v) is 2.85. The van der Waals surface area contributed by atoms with E-state index in [1.54, 1.807) is 12.3 Å². The molecule has 0 saturated carbocycles. The molecule has 1 saturated heterocycles. The summed E-state index contributed by atoms with van der Waals surface area (Å²) in [5.74, 6) is 0.668. The molecule has 92 valence electrons. The maximum atomic E-state index is 11.6. The van der Waals surface area contributed by atoms with Crippen molar-refractivity contribution in [2.24, 2.45) is 0 Å². The summed E-state index contributed by atoms with van der Waals surface area (Å²) in [6.07, 6.45) is 4.89. The lowest BCUT2D eigenvalue weighted by atomic mass is 10.3. The number of nitrogens with zero attached hydrogens (tertiary/aromatic N) is 2. The van der Waals surface area contributed by atoms with E-state index in [4.69, 9.17) is 4.74 Å². The van der Waals surface area contributed by atoms with Gasteiger partial charge < -0.3 is 9.64 Å². The standard InChI is InChI=1S/C13H18N2O2/c1-2-9-17-13(16)11-5-6-12(14-10-11)15-7-3-4-8-15/h5-6,10H,2-4,7-9H2,1H3. The van der Waals surface area contributed by atoms with Gasteiger partial charge in [-0.25, -0.2) is 9.78 Å². The van der Waals surface area contributed by atoms with Gasteiger partial charge in [0.05, 0.1) is 12.2 Å². The minimum absolute atomic E-state index is 0.285. The Labute approximate surface area is 102 Å². The maximum absolute atomic E-state index is 11.6. The van der Waals surface area contributed by atoms with E-state index in [0.29, 0.717) is 12.2 Å². The molecular formula is C13H18N2O2. The normalized spacial score (nSPS) is 15.0. The van der Waals surface area contributed by atoms with E-state index in [1.807, 2.05) is 13.0 Å². The lowest BCUT2D eigenvalue weighted by Gasteiger charge is -2.15. The van der Waals surface area contributed by atoms with Crippen LogP contribution in [-0.4, -0.2) is 30.6 Å². The van der Waals surface area contributed by atoms with Gasteiger partial charge in [-0.3, -0.25) is 0 Å². The molecule has 2 heterocycles. The van der Waals surface area contributed by atoms with Gasteiger partial charge >= 0.3 is 5.97 Å². The molecular weight excluding hydrogens is 216 g/mol. The van der Waals surface area contributed by atoms with Crippen LogP contribution in [0.3, 0.4) is 0 Å². The van der Waals surface area contributed by atoms with Crippen LogP contribution in [-0.2, 0) is 4.74 Å². The van der Waals surface area contributed by atoms with Crippen molar-refractivity contribution in [1.29, 1.82) is 0 Å². The molecule has 0 N–H and O–H groups in total. The average Bonchev–Trinajstić information content (AvgIpc) is 2.90. The fourth-order valence-electron chi connectivity index (χ4n) is 1.92. The monoisotopic (exact) mass is 234 g/mol. The first-order valence-electron chi connectivity index (χ1n) is 6.19. The Bertz CT molecular complexity index is 370. The van der Waals surface area contributed by atoms with Crippen LogP contribution in [0.5, 0.6) is 0 Å². The number of hydrogen-bond acceptors (Lipinski definition) is 4. The quantitative estimate of drug-likeness (QED) is 0.749. The van der Waals surface area contributed by atoms with Gasteiger partial charge in [-0.1, -0.05) is 6.92 Å². The summed E-state index contributed by atoms with van der Waals surface area (Å²) >= 11 is 0. The van der Waals surface area contributed by atoms with E-state index in [1.165, 1.54) is 12.8 Å². The molecule has 1 aromatic rings. The molecule has 17 heavy (non-hydrogen) atoms. The zero-order chi connectivity index (χ0) is 12.1. The van der Waals surface area contributed by atoms with Gasteiger partial charge in [0.25, 0.3) is 0 Å². The first-order chi connectivity index (χ1) is 8.31. The number of anilines is 1. The Hall–Kier alpha value is -1.58. The Kier molecular flexibility index (Phi) is 3.96. The van der Waals surface area contributed by atoms with E-state index in [9.17, 15) is 4.79 Å². The lowest BCUT2D eigenvalue weighted by Crippen LogP contribution is -2.19. The molecule has 0 aliphatic carbocycles. The van der Waals surface area contributed by atoms with Gasteiger partial charge in [-0.15, -0.1) is 0 Å². The summed E-state index contributed by atoms with van der Waals surface area (Å²) in [5, 5.41) is 0. The van der Waals surface area contributed by atoms with Gasteiger partial charge in [0.15, 0.2) is 0 Å². The third kappa shape index (κ3) is 2.96. The van der Waals surface area contributed by atoms with Crippen LogP contribution in [0.1, 0.15) is 36.5 Å². The van der Waals surface area contributed by atoms with E-state index in [-0.39, 0.29) is 5.97 Å². The number of pyridine rings is 1. The molecule has 2 rings (SSSR count). The van der Waals surface area contributed by atoms with Crippen molar-refractivity contribution in [3.63, 3.8) is 0 Å².